The smallest absolute Gasteiger partial charge is 0.365 e. The molecule has 1 heterocycles. The topological polar surface area (TPSA) is 47.9 Å². The average Bonchev–Trinajstić information content (AvgIpc) is 2.62. The van der Waals surface area contributed by atoms with Gasteiger partial charge in [0.2, 0.25) is 0 Å². The predicted molar refractivity (Wildman–Crippen MR) is 59.7 cm³/mol. The van der Waals surface area contributed by atoms with E-state index in [9.17, 15) is 4.79 Å². The molecule has 0 N–H and O–H groups in total. The fourth-order valence-electron chi connectivity index (χ4n) is 1.39. The van der Waals surface area contributed by atoms with Gasteiger partial charge in [0.25, 0.3) is 0 Å². The molecule has 0 saturated heterocycles. The number of ether oxygens (including phenoxy) is 1. The number of carbonyl (C=O) groups excluding carboxylic acids is 1. The molecule has 16 heavy (non-hydrogen) atoms. The molecule has 0 atom stereocenters. The van der Waals surface area contributed by atoms with Gasteiger partial charge in [-0.1, -0.05) is 35.0 Å². The normalized spacial score (nSPS) is 17.2. The van der Waals surface area contributed by atoms with Crippen molar-refractivity contribution in [1.29, 1.82) is 0 Å². The monoisotopic (exact) mass is 217 g/mol. The highest BCUT2D eigenvalue weighted by molar-refractivity contribution is 6.45. The fourth-order valence-corrected chi connectivity index (χ4v) is 1.39. The first-order chi connectivity index (χ1) is 7.70. The van der Waals surface area contributed by atoms with Gasteiger partial charge in [0.15, 0.2) is 5.71 Å². The SMILES string of the molecule is CON=C1C=C(c2ccc(C)cc2)OC1=O. The van der Waals surface area contributed by atoms with Crippen LogP contribution in [0.1, 0.15) is 11.1 Å². The van der Waals surface area contributed by atoms with E-state index in [4.69, 9.17) is 4.74 Å². The molecule has 1 aliphatic rings. The summed E-state index contributed by atoms with van der Waals surface area (Å²) in [5, 5.41) is 3.56. The van der Waals surface area contributed by atoms with E-state index in [2.05, 4.69) is 9.99 Å². The molecular weight excluding hydrogens is 206 g/mol. The summed E-state index contributed by atoms with van der Waals surface area (Å²) in [6.07, 6.45) is 1.57. The van der Waals surface area contributed by atoms with Crippen LogP contribution < -0.4 is 0 Å². The van der Waals surface area contributed by atoms with Crippen LogP contribution >= 0.6 is 0 Å². The van der Waals surface area contributed by atoms with Crippen LogP contribution in [0.5, 0.6) is 0 Å². The summed E-state index contributed by atoms with van der Waals surface area (Å²) in [6, 6.07) is 7.69. The molecule has 0 aliphatic carbocycles. The Labute approximate surface area is 93.2 Å². The number of aryl methyl sites for hydroxylation is 1. The van der Waals surface area contributed by atoms with Crippen LogP contribution in [0.4, 0.5) is 0 Å². The van der Waals surface area contributed by atoms with Gasteiger partial charge >= 0.3 is 5.97 Å². The summed E-state index contributed by atoms with van der Waals surface area (Å²) in [5.41, 5.74) is 2.18. The van der Waals surface area contributed by atoms with Crippen LogP contribution in [-0.2, 0) is 14.4 Å². The Kier molecular flexibility index (Phi) is 2.72. The zero-order valence-electron chi connectivity index (χ0n) is 9.06. The number of esters is 1. The molecule has 1 aromatic carbocycles. The van der Waals surface area contributed by atoms with Gasteiger partial charge in [-0.3, -0.25) is 0 Å². The maximum absolute atomic E-state index is 11.3. The Morgan fingerprint density at radius 1 is 1.25 bits per heavy atom. The van der Waals surface area contributed by atoms with Crippen molar-refractivity contribution < 1.29 is 14.4 Å². The number of cyclic esters (lactones) is 1. The van der Waals surface area contributed by atoms with Crippen LogP contribution in [0.25, 0.3) is 5.76 Å². The van der Waals surface area contributed by atoms with E-state index < -0.39 is 5.97 Å². The highest BCUT2D eigenvalue weighted by Crippen LogP contribution is 2.21. The molecule has 82 valence electrons. The zero-order chi connectivity index (χ0) is 11.5. The lowest BCUT2D eigenvalue weighted by Crippen LogP contribution is -2.06. The number of carbonyl (C=O) groups is 1. The molecule has 1 aromatic rings. The number of rotatable bonds is 2. The number of benzene rings is 1. The third-order valence-corrected chi connectivity index (χ3v) is 2.21. The van der Waals surface area contributed by atoms with Crippen molar-refractivity contribution in [1.82, 2.24) is 0 Å². The highest BCUT2D eigenvalue weighted by atomic mass is 16.6. The van der Waals surface area contributed by atoms with Crippen LogP contribution in [0, 0.1) is 6.92 Å². The first-order valence-corrected chi connectivity index (χ1v) is 4.83. The van der Waals surface area contributed by atoms with E-state index >= 15 is 0 Å². The molecule has 1 aliphatic heterocycles. The number of hydrogen-bond acceptors (Lipinski definition) is 4. The van der Waals surface area contributed by atoms with Crippen molar-refractivity contribution in [3.05, 3.63) is 41.5 Å². The number of nitrogens with zero attached hydrogens (tertiary/aromatic N) is 1. The number of hydrogen-bond donors (Lipinski definition) is 0. The summed E-state index contributed by atoms with van der Waals surface area (Å²) >= 11 is 0. The third-order valence-electron chi connectivity index (χ3n) is 2.21. The minimum Gasteiger partial charge on any atom is -0.421 e. The van der Waals surface area contributed by atoms with Crippen molar-refractivity contribution in [3.63, 3.8) is 0 Å². The molecule has 0 amide bonds. The lowest BCUT2D eigenvalue weighted by Gasteiger charge is -2.01. The molecular formula is C12H11NO3. The van der Waals surface area contributed by atoms with Gasteiger partial charge < -0.3 is 9.57 Å². The molecule has 0 unspecified atom stereocenters. The minimum absolute atomic E-state index is 0.179. The Morgan fingerprint density at radius 2 is 1.94 bits per heavy atom. The average molecular weight is 217 g/mol. The van der Waals surface area contributed by atoms with E-state index in [1.165, 1.54) is 7.11 Å². The molecule has 0 spiro atoms. The molecule has 4 nitrogen and oxygen atoms in total. The Bertz CT molecular complexity index is 472. The first-order valence-electron chi connectivity index (χ1n) is 4.83. The summed E-state index contributed by atoms with van der Waals surface area (Å²) in [4.78, 5) is 15.9. The molecule has 0 bridgehead atoms. The predicted octanol–water partition coefficient (Wildman–Crippen LogP) is 1.90. The van der Waals surface area contributed by atoms with Crippen LogP contribution in [0.2, 0.25) is 0 Å². The maximum atomic E-state index is 11.3. The van der Waals surface area contributed by atoms with Crippen molar-refractivity contribution in [2.45, 2.75) is 6.92 Å². The quantitative estimate of drug-likeness (QED) is 0.561. The Morgan fingerprint density at radius 3 is 2.56 bits per heavy atom. The van der Waals surface area contributed by atoms with Gasteiger partial charge in [0.1, 0.15) is 12.9 Å². The van der Waals surface area contributed by atoms with Crippen molar-refractivity contribution >= 4 is 17.4 Å². The first kappa shape index (κ1) is 10.4. The Hall–Kier alpha value is -2.10. The van der Waals surface area contributed by atoms with Gasteiger partial charge in [-0.15, -0.1) is 0 Å². The summed E-state index contributed by atoms with van der Waals surface area (Å²) in [6.45, 7) is 2.00. The van der Waals surface area contributed by atoms with E-state index in [0.29, 0.717) is 5.76 Å². The van der Waals surface area contributed by atoms with Gasteiger partial charge in [0, 0.05) is 11.6 Å². The van der Waals surface area contributed by atoms with E-state index in [1.807, 2.05) is 31.2 Å². The zero-order valence-corrected chi connectivity index (χ0v) is 9.06. The standard InChI is InChI=1S/C12H11NO3/c1-8-3-5-9(6-4-8)11-7-10(13-15-2)12(14)16-11/h3-7H,1-2H3. The third kappa shape index (κ3) is 1.95. The molecule has 0 radical (unpaired) electrons. The van der Waals surface area contributed by atoms with Gasteiger partial charge in [-0.25, -0.2) is 4.79 Å². The molecule has 4 heteroatoms. The van der Waals surface area contributed by atoms with Crippen molar-refractivity contribution in [2.75, 3.05) is 7.11 Å². The minimum atomic E-state index is -0.488. The lowest BCUT2D eigenvalue weighted by molar-refractivity contribution is -0.128. The van der Waals surface area contributed by atoms with E-state index in [-0.39, 0.29) is 5.71 Å². The molecule has 0 aromatic heterocycles. The summed E-state index contributed by atoms with van der Waals surface area (Å²) < 4.78 is 5.06. The second-order valence-corrected chi connectivity index (χ2v) is 3.42. The Balaban J connectivity index is 2.30. The van der Waals surface area contributed by atoms with E-state index in [0.717, 1.165) is 11.1 Å². The largest absolute Gasteiger partial charge is 0.421 e. The van der Waals surface area contributed by atoms with Gasteiger partial charge in [-0.2, -0.15) is 0 Å². The second kappa shape index (κ2) is 4.18. The van der Waals surface area contributed by atoms with Crippen LogP contribution in [0.3, 0.4) is 0 Å². The van der Waals surface area contributed by atoms with Crippen LogP contribution in [-0.4, -0.2) is 18.8 Å². The fraction of sp³-hybridized carbons (Fsp3) is 0.167. The van der Waals surface area contributed by atoms with Gasteiger partial charge in [0.05, 0.1) is 0 Å². The summed E-state index contributed by atoms with van der Waals surface area (Å²) in [5.74, 6) is 0.0122. The van der Waals surface area contributed by atoms with Crippen LogP contribution in [0.15, 0.2) is 35.5 Å². The lowest BCUT2D eigenvalue weighted by atomic mass is 10.1. The molecule has 0 fully saturated rings. The molecule has 2 rings (SSSR count). The number of oxime groups is 1. The maximum Gasteiger partial charge on any atom is 0.365 e. The van der Waals surface area contributed by atoms with Gasteiger partial charge in [-0.05, 0) is 6.92 Å². The second-order valence-electron chi connectivity index (χ2n) is 3.42. The van der Waals surface area contributed by atoms with Crippen molar-refractivity contribution in [2.24, 2.45) is 5.16 Å². The summed E-state index contributed by atoms with van der Waals surface area (Å²) in [7, 11) is 1.39. The van der Waals surface area contributed by atoms with Crippen molar-refractivity contribution in [3.8, 4) is 0 Å². The highest BCUT2D eigenvalue weighted by Gasteiger charge is 2.24. The molecule has 0 saturated carbocycles. The van der Waals surface area contributed by atoms with E-state index in [1.54, 1.807) is 6.08 Å².